The summed E-state index contributed by atoms with van der Waals surface area (Å²) in [4.78, 5) is 50.6. The third kappa shape index (κ3) is 6.97. The fraction of sp³-hybridized carbons (Fsp3) is 0.478. The van der Waals surface area contributed by atoms with Gasteiger partial charge >= 0.3 is 20.3 Å². The number of aryl methyl sites for hydroxylation is 1. The van der Waals surface area contributed by atoms with Gasteiger partial charge < -0.3 is 19.3 Å². The van der Waals surface area contributed by atoms with E-state index in [1.165, 1.54) is 10.8 Å². The van der Waals surface area contributed by atoms with Crippen LogP contribution in [-0.2, 0) is 34.7 Å². The van der Waals surface area contributed by atoms with E-state index in [-0.39, 0.29) is 38.4 Å². The molecule has 0 radical (unpaired) electrons. The van der Waals surface area contributed by atoms with Crippen LogP contribution in [0.2, 0.25) is 5.02 Å². The summed E-state index contributed by atoms with van der Waals surface area (Å²) in [5, 5.41) is 3.19. The number of hydrogen-bond acceptors (Lipinski definition) is 9. The highest BCUT2D eigenvalue weighted by molar-refractivity contribution is 7.42. The Balaban J connectivity index is 1.43. The number of fused-ring (bicyclic) bond motifs is 1. The maximum absolute atomic E-state index is 12.5. The Bertz CT molecular complexity index is 1270. The molecule has 2 aromatic rings. The van der Waals surface area contributed by atoms with E-state index in [4.69, 9.17) is 34.6 Å². The number of nitrogens with one attached hydrogen (secondary N) is 2. The van der Waals surface area contributed by atoms with Crippen molar-refractivity contribution in [2.75, 3.05) is 13.2 Å². The van der Waals surface area contributed by atoms with Gasteiger partial charge in [-0.05, 0) is 32.0 Å². The molecule has 1 aromatic carbocycles. The van der Waals surface area contributed by atoms with Gasteiger partial charge in [-0.3, -0.25) is 33.0 Å². The van der Waals surface area contributed by atoms with Crippen molar-refractivity contribution >= 4 is 32.1 Å². The summed E-state index contributed by atoms with van der Waals surface area (Å²) in [6, 6.07) is 5.17. The summed E-state index contributed by atoms with van der Waals surface area (Å²) < 4.78 is 30.1. The van der Waals surface area contributed by atoms with Crippen LogP contribution >= 0.6 is 20.2 Å². The van der Waals surface area contributed by atoms with Crippen molar-refractivity contribution in [1.82, 2.24) is 14.9 Å². The lowest BCUT2D eigenvalue weighted by Crippen LogP contribution is -2.33. The first-order valence-corrected chi connectivity index (χ1v) is 13.2. The molecular formula is C23H27ClN3O9P. The Hall–Kier alpha value is -2.76. The fourth-order valence-electron chi connectivity index (χ4n) is 3.85. The molecule has 0 spiro atoms. The van der Waals surface area contributed by atoms with E-state index in [1.54, 1.807) is 32.0 Å². The second-order valence-corrected chi connectivity index (χ2v) is 10.0. The molecule has 1 saturated heterocycles. The maximum atomic E-state index is 12.5. The second-order valence-electron chi connectivity index (χ2n) is 8.46. The third-order valence-electron chi connectivity index (χ3n) is 5.71. The van der Waals surface area contributed by atoms with E-state index in [0.29, 0.717) is 22.9 Å². The van der Waals surface area contributed by atoms with Crippen LogP contribution in [0.5, 0.6) is 5.75 Å². The lowest BCUT2D eigenvalue weighted by molar-refractivity contribution is -0.153. The molecule has 1 amide bonds. The van der Waals surface area contributed by atoms with Crippen LogP contribution < -0.4 is 21.1 Å². The monoisotopic (exact) mass is 555 g/mol. The molecule has 4 atom stereocenters. The van der Waals surface area contributed by atoms with Crippen molar-refractivity contribution in [2.24, 2.45) is 0 Å². The molecule has 37 heavy (non-hydrogen) atoms. The van der Waals surface area contributed by atoms with Crippen LogP contribution in [-0.4, -0.2) is 46.8 Å². The number of rotatable bonds is 9. The number of H-pyrrole nitrogens is 1. The number of carbonyl (C=O) groups excluding carboxylic acids is 2. The van der Waals surface area contributed by atoms with Crippen LogP contribution in [0.3, 0.4) is 0 Å². The molecule has 2 aliphatic rings. The molecule has 4 unspecified atom stereocenters. The van der Waals surface area contributed by atoms with Crippen molar-refractivity contribution in [2.45, 2.75) is 58.2 Å². The number of nitrogens with zero attached hydrogens (tertiary/aromatic N) is 1. The van der Waals surface area contributed by atoms with Gasteiger partial charge in [-0.15, -0.1) is 0 Å². The molecule has 2 aliphatic heterocycles. The molecular weight excluding hydrogens is 529 g/mol. The zero-order chi connectivity index (χ0) is 26.5. The van der Waals surface area contributed by atoms with Gasteiger partial charge in [-0.2, -0.15) is 0 Å². The minimum Gasteiger partial charge on any atom is -0.459 e. The van der Waals surface area contributed by atoms with Gasteiger partial charge in [0.05, 0.1) is 19.6 Å². The number of esters is 1. The molecule has 200 valence electrons. The molecule has 1 aromatic heterocycles. The van der Waals surface area contributed by atoms with Crippen LogP contribution in [0, 0.1) is 6.92 Å². The van der Waals surface area contributed by atoms with E-state index in [2.05, 4.69) is 10.3 Å². The molecule has 14 heteroatoms. The van der Waals surface area contributed by atoms with Crippen molar-refractivity contribution < 1.29 is 32.6 Å². The lowest BCUT2D eigenvalue weighted by atomic mass is 10.2. The van der Waals surface area contributed by atoms with Crippen molar-refractivity contribution in [3.63, 3.8) is 0 Å². The number of aromatic nitrogens is 2. The highest BCUT2D eigenvalue weighted by atomic mass is 35.5. The number of ether oxygens (including phenoxy) is 2. The number of halogens is 1. The average Bonchev–Trinajstić information content (AvgIpc) is 3.25. The summed E-state index contributed by atoms with van der Waals surface area (Å²) in [6.07, 6.45) is -0.969. The summed E-state index contributed by atoms with van der Waals surface area (Å²) in [5.74, 6) is -0.251. The number of carbonyl (C=O) groups is 2. The third-order valence-corrected chi connectivity index (χ3v) is 7.00. The van der Waals surface area contributed by atoms with Crippen LogP contribution in [0.1, 0.15) is 43.5 Å². The van der Waals surface area contributed by atoms with Crippen molar-refractivity contribution in [3.05, 3.63) is 61.4 Å². The number of amides is 1. The number of hydrogen-bond donors (Lipinski definition) is 2. The summed E-state index contributed by atoms with van der Waals surface area (Å²) >= 11 is 6.01. The van der Waals surface area contributed by atoms with Crippen LogP contribution in [0.15, 0.2) is 34.0 Å². The molecule has 0 aliphatic carbocycles. The molecule has 0 bridgehead atoms. The zero-order valence-electron chi connectivity index (χ0n) is 20.2. The Kier molecular flexibility index (Phi) is 8.99. The highest BCUT2D eigenvalue weighted by Gasteiger charge is 2.40. The van der Waals surface area contributed by atoms with E-state index in [0.717, 1.165) is 5.56 Å². The molecule has 1 fully saturated rings. The Labute approximate surface area is 218 Å². The largest absolute Gasteiger partial charge is 0.459 e. The lowest BCUT2D eigenvalue weighted by Gasteiger charge is -2.26. The smallest absolute Gasteiger partial charge is 0.397 e. The summed E-state index contributed by atoms with van der Waals surface area (Å²) in [7, 11) is -1.76. The predicted octanol–water partition coefficient (Wildman–Crippen LogP) is 2.47. The molecule has 4 rings (SSSR count). The Morgan fingerprint density at radius 3 is 2.89 bits per heavy atom. The normalized spacial score (nSPS) is 22.7. The first-order valence-electron chi connectivity index (χ1n) is 11.7. The quantitative estimate of drug-likeness (QED) is 0.352. The van der Waals surface area contributed by atoms with E-state index >= 15 is 0 Å². The van der Waals surface area contributed by atoms with E-state index in [1.807, 2.05) is 0 Å². The van der Waals surface area contributed by atoms with Gasteiger partial charge in [0, 0.05) is 41.7 Å². The number of aromatic amines is 1. The summed E-state index contributed by atoms with van der Waals surface area (Å²) in [6.45, 7) is 4.00. The topological polar surface area (TPSA) is 147 Å². The van der Waals surface area contributed by atoms with Gasteiger partial charge in [-0.1, -0.05) is 11.6 Å². The van der Waals surface area contributed by atoms with Gasteiger partial charge in [0.1, 0.15) is 24.2 Å². The van der Waals surface area contributed by atoms with Crippen LogP contribution in [0.25, 0.3) is 0 Å². The van der Waals surface area contributed by atoms with E-state index in [9.17, 15) is 19.2 Å². The first kappa shape index (κ1) is 27.3. The average molecular weight is 556 g/mol. The molecule has 3 heterocycles. The van der Waals surface area contributed by atoms with Gasteiger partial charge in [0.15, 0.2) is 0 Å². The Morgan fingerprint density at radius 1 is 1.30 bits per heavy atom. The zero-order valence-corrected chi connectivity index (χ0v) is 21.9. The van der Waals surface area contributed by atoms with Gasteiger partial charge in [0.2, 0.25) is 5.91 Å². The van der Waals surface area contributed by atoms with Gasteiger partial charge in [0.25, 0.3) is 5.56 Å². The molecule has 12 nitrogen and oxygen atoms in total. The van der Waals surface area contributed by atoms with Crippen molar-refractivity contribution in [1.29, 1.82) is 0 Å². The predicted molar refractivity (Wildman–Crippen MR) is 132 cm³/mol. The van der Waals surface area contributed by atoms with E-state index < -0.39 is 44.3 Å². The SMILES string of the molecule is CCNC(=O)CCC(=O)OC1CC(n2cc(C)c(=O)[nH]c2=O)OC1COP1OCc2cc(Cl)ccc2O1. The standard InChI is InChI=1S/C23H27ClN3O9P/c1-3-25-19(28)6-7-21(29)35-17-9-20(27-10-13(2)22(30)26-23(27)31)34-18(17)12-33-37-32-11-14-8-15(24)4-5-16(14)36-37/h4-5,8,10,17-18,20H,3,6-7,9,11-12H2,1-2H3,(H,25,28)(H,26,30,31). The first-order chi connectivity index (χ1) is 17.7. The minimum absolute atomic E-state index is 0.0141. The second kappa shape index (κ2) is 12.2. The maximum Gasteiger partial charge on any atom is 0.397 e. The Morgan fingerprint density at radius 2 is 2.11 bits per heavy atom. The number of benzene rings is 1. The van der Waals surface area contributed by atoms with Gasteiger partial charge in [-0.25, -0.2) is 4.79 Å². The van der Waals surface area contributed by atoms with Crippen LogP contribution in [0.4, 0.5) is 0 Å². The fourth-order valence-corrected chi connectivity index (χ4v) is 5.08. The molecule has 2 N–H and O–H groups in total. The highest BCUT2D eigenvalue weighted by Crippen LogP contribution is 2.48. The molecule has 0 saturated carbocycles. The van der Waals surface area contributed by atoms with Crippen molar-refractivity contribution in [3.8, 4) is 5.75 Å². The minimum atomic E-state index is -1.76. The summed E-state index contributed by atoms with van der Waals surface area (Å²) in [5.41, 5.74) is -0.0334.